The second kappa shape index (κ2) is 12.1. The van der Waals surface area contributed by atoms with Gasteiger partial charge in [-0.2, -0.15) is 0 Å². The SMILES string of the molecule is COc1ccc(C(CC(=O)NC2CCN(S(=O)(=O)C(C)C)CC2)c2c(O)cc(C)oc2=O)c(OC)c1OC. The van der Waals surface area contributed by atoms with E-state index in [0.29, 0.717) is 37.2 Å². The molecule has 1 fully saturated rings. The zero-order valence-corrected chi connectivity index (χ0v) is 23.4. The van der Waals surface area contributed by atoms with E-state index >= 15 is 0 Å². The Balaban J connectivity index is 1.92. The minimum atomic E-state index is -3.36. The maximum absolute atomic E-state index is 13.3. The first-order valence-electron chi connectivity index (χ1n) is 12.3. The summed E-state index contributed by atoms with van der Waals surface area (Å²) in [5, 5.41) is 13.2. The number of sulfonamides is 1. The van der Waals surface area contributed by atoms with Crippen molar-refractivity contribution in [3.05, 3.63) is 45.5 Å². The lowest BCUT2D eigenvalue weighted by Crippen LogP contribution is -2.48. The van der Waals surface area contributed by atoms with Gasteiger partial charge in [-0.15, -0.1) is 0 Å². The van der Waals surface area contributed by atoms with Crippen molar-refractivity contribution in [1.29, 1.82) is 0 Å². The van der Waals surface area contributed by atoms with Crippen molar-refractivity contribution in [1.82, 2.24) is 9.62 Å². The zero-order chi connectivity index (χ0) is 28.2. The molecule has 1 aliphatic heterocycles. The van der Waals surface area contributed by atoms with E-state index in [0.717, 1.165) is 0 Å². The highest BCUT2D eigenvalue weighted by molar-refractivity contribution is 7.89. The highest BCUT2D eigenvalue weighted by atomic mass is 32.2. The lowest BCUT2D eigenvalue weighted by molar-refractivity contribution is -0.122. The highest BCUT2D eigenvalue weighted by Gasteiger charge is 2.33. The Kier molecular flexibility index (Phi) is 9.31. The first-order valence-corrected chi connectivity index (χ1v) is 13.9. The summed E-state index contributed by atoms with van der Waals surface area (Å²) >= 11 is 0. The molecule has 3 rings (SSSR count). The van der Waals surface area contributed by atoms with Crippen LogP contribution in [0.3, 0.4) is 0 Å². The lowest BCUT2D eigenvalue weighted by Gasteiger charge is -2.33. The Labute approximate surface area is 222 Å². The molecule has 1 amide bonds. The standard InChI is InChI=1S/C26H36N2O9S/c1-15(2)38(32,33)28-11-9-17(10-12-28)27-22(30)14-19(23-20(29)13-16(3)37-26(23)31)18-7-8-21(34-4)25(36-6)24(18)35-5/h7-8,13,15,17,19,29H,9-12,14H2,1-6H3,(H,27,30). The van der Waals surface area contributed by atoms with Gasteiger partial charge in [-0.1, -0.05) is 6.07 Å². The summed E-state index contributed by atoms with van der Waals surface area (Å²) in [7, 11) is 0.973. The molecule has 1 atom stereocenters. The van der Waals surface area contributed by atoms with Crippen molar-refractivity contribution >= 4 is 15.9 Å². The summed E-state index contributed by atoms with van der Waals surface area (Å²) < 4.78 is 48.1. The fourth-order valence-corrected chi connectivity index (χ4v) is 6.03. The second-order valence-electron chi connectivity index (χ2n) is 9.46. The molecule has 0 aliphatic carbocycles. The van der Waals surface area contributed by atoms with Crippen LogP contribution in [0.15, 0.2) is 27.4 Å². The van der Waals surface area contributed by atoms with Gasteiger partial charge < -0.3 is 29.1 Å². The predicted octanol–water partition coefficient (Wildman–Crippen LogP) is 2.52. The average Bonchev–Trinajstić information content (AvgIpc) is 2.86. The van der Waals surface area contributed by atoms with Gasteiger partial charge in [-0.05, 0) is 39.7 Å². The van der Waals surface area contributed by atoms with E-state index in [9.17, 15) is 23.1 Å². The minimum Gasteiger partial charge on any atom is -0.507 e. The fourth-order valence-electron chi connectivity index (χ4n) is 4.72. The molecule has 0 spiro atoms. The lowest BCUT2D eigenvalue weighted by atomic mass is 9.87. The first kappa shape index (κ1) is 29.3. The summed E-state index contributed by atoms with van der Waals surface area (Å²) in [6.07, 6.45) is 0.706. The van der Waals surface area contributed by atoms with Gasteiger partial charge in [0.1, 0.15) is 11.5 Å². The summed E-state index contributed by atoms with van der Waals surface area (Å²) in [6.45, 7) is 5.43. The van der Waals surface area contributed by atoms with Gasteiger partial charge in [0.05, 0.1) is 32.1 Å². The van der Waals surface area contributed by atoms with Crippen molar-refractivity contribution in [2.75, 3.05) is 34.4 Å². The quantitative estimate of drug-likeness (QED) is 0.454. The molecule has 11 nitrogen and oxygen atoms in total. The Bertz CT molecular complexity index is 1310. The number of carbonyl (C=O) groups excluding carboxylic acids is 1. The molecule has 2 heterocycles. The van der Waals surface area contributed by atoms with E-state index < -0.39 is 26.8 Å². The van der Waals surface area contributed by atoms with Crippen LogP contribution in [0, 0.1) is 6.92 Å². The molecule has 0 radical (unpaired) electrons. The summed E-state index contributed by atoms with van der Waals surface area (Å²) in [5.74, 6) is -0.495. The molecular formula is C26H36N2O9S. The number of benzene rings is 1. The second-order valence-corrected chi connectivity index (χ2v) is 11.9. The van der Waals surface area contributed by atoms with E-state index in [1.54, 1.807) is 26.0 Å². The van der Waals surface area contributed by atoms with Crippen LogP contribution in [0.4, 0.5) is 0 Å². The van der Waals surface area contributed by atoms with E-state index in [4.69, 9.17) is 18.6 Å². The van der Waals surface area contributed by atoms with E-state index in [1.165, 1.54) is 38.6 Å². The van der Waals surface area contributed by atoms with Crippen LogP contribution in [-0.2, 0) is 14.8 Å². The summed E-state index contributed by atoms with van der Waals surface area (Å²) in [5.41, 5.74) is -0.442. The largest absolute Gasteiger partial charge is 0.507 e. The Hall–Kier alpha value is -3.25. The van der Waals surface area contributed by atoms with Gasteiger partial charge in [0.25, 0.3) is 0 Å². The van der Waals surface area contributed by atoms with Crippen molar-refractivity contribution in [3.8, 4) is 23.0 Å². The van der Waals surface area contributed by atoms with Gasteiger partial charge in [0, 0.05) is 43.1 Å². The molecule has 38 heavy (non-hydrogen) atoms. The van der Waals surface area contributed by atoms with E-state index in [1.807, 2.05) is 0 Å². The molecule has 2 N–H and O–H groups in total. The van der Waals surface area contributed by atoms with Crippen LogP contribution in [-0.4, -0.2) is 69.4 Å². The van der Waals surface area contributed by atoms with Crippen LogP contribution in [0.2, 0.25) is 0 Å². The van der Waals surface area contributed by atoms with Crippen molar-refractivity contribution in [3.63, 3.8) is 0 Å². The normalized spacial score (nSPS) is 15.8. The van der Waals surface area contributed by atoms with Crippen LogP contribution in [0.5, 0.6) is 23.0 Å². The van der Waals surface area contributed by atoms with E-state index in [2.05, 4.69) is 5.32 Å². The molecule has 0 bridgehead atoms. The predicted molar refractivity (Wildman–Crippen MR) is 141 cm³/mol. The van der Waals surface area contributed by atoms with Gasteiger partial charge in [0.2, 0.25) is 21.7 Å². The van der Waals surface area contributed by atoms with E-state index in [-0.39, 0.29) is 46.9 Å². The molecule has 1 unspecified atom stereocenters. The zero-order valence-electron chi connectivity index (χ0n) is 22.6. The van der Waals surface area contributed by atoms with Crippen LogP contribution >= 0.6 is 0 Å². The number of nitrogens with zero attached hydrogens (tertiary/aromatic N) is 1. The number of amides is 1. The number of hydrogen-bond acceptors (Lipinski definition) is 9. The molecule has 1 aliphatic rings. The van der Waals surface area contributed by atoms with Crippen molar-refractivity contribution in [2.45, 2.75) is 57.2 Å². The summed E-state index contributed by atoms with van der Waals surface area (Å²) in [6, 6.07) is 4.35. The van der Waals surface area contributed by atoms with Gasteiger partial charge in [-0.3, -0.25) is 4.79 Å². The molecule has 2 aromatic rings. The van der Waals surface area contributed by atoms with Crippen LogP contribution in [0.25, 0.3) is 0 Å². The molecule has 12 heteroatoms. The Morgan fingerprint density at radius 2 is 1.76 bits per heavy atom. The molecule has 0 saturated carbocycles. The third kappa shape index (κ3) is 6.07. The monoisotopic (exact) mass is 552 g/mol. The number of aromatic hydroxyl groups is 1. The molecular weight excluding hydrogens is 516 g/mol. The number of aryl methyl sites for hydroxylation is 1. The number of ether oxygens (including phenoxy) is 3. The van der Waals surface area contributed by atoms with Crippen LogP contribution < -0.4 is 25.2 Å². The number of hydrogen-bond donors (Lipinski definition) is 2. The summed E-state index contributed by atoms with van der Waals surface area (Å²) in [4.78, 5) is 26.2. The fraction of sp³-hybridized carbons (Fsp3) is 0.538. The number of methoxy groups -OCH3 is 3. The van der Waals surface area contributed by atoms with Gasteiger partial charge >= 0.3 is 5.63 Å². The third-order valence-corrected chi connectivity index (χ3v) is 8.99. The van der Waals surface area contributed by atoms with Crippen molar-refractivity contribution < 1.29 is 36.9 Å². The number of nitrogens with one attached hydrogen (secondary N) is 1. The maximum atomic E-state index is 13.3. The topological polar surface area (TPSA) is 145 Å². The molecule has 1 aromatic carbocycles. The van der Waals surface area contributed by atoms with Gasteiger partial charge in [0.15, 0.2) is 11.5 Å². The highest BCUT2D eigenvalue weighted by Crippen LogP contribution is 2.45. The Morgan fingerprint density at radius 3 is 2.29 bits per heavy atom. The maximum Gasteiger partial charge on any atom is 0.343 e. The molecule has 1 saturated heterocycles. The molecule has 1 aromatic heterocycles. The Morgan fingerprint density at radius 1 is 1.13 bits per heavy atom. The van der Waals surface area contributed by atoms with Crippen LogP contribution in [0.1, 0.15) is 55.9 Å². The average molecular weight is 553 g/mol. The minimum absolute atomic E-state index is 0.0888. The molecule has 210 valence electrons. The number of piperidine rings is 1. The van der Waals surface area contributed by atoms with Gasteiger partial charge in [-0.25, -0.2) is 17.5 Å². The van der Waals surface area contributed by atoms with Crippen molar-refractivity contribution in [2.24, 2.45) is 0 Å². The third-order valence-electron chi connectivity index (χ3n) is 6.71. The number of rotatable bonds is 10. The smallest absolute Gasteiger partial charge is 0.343 e. The first-order chi connectivity index (χ1) is 17.9. The number of carbonyl (C=O) groups is 1.